The van der Waals surface area contributed by atoms with Gasteiger partial charge in [0, 0.05) is 0 Å². The molecule has 0 saturated heterocycles. The van der Waals surface area contributed by atoms with E-state index in [1.54, 1.807) is 6.07 Å². The zero-order valence-corrected chi connectivity index (χ0v) is 11.4. The van der Waals surface area contributed by atoms with Gasteiger partial charge in [-0.1, -0.05) is 18.2 Å². The first-order valence-electron chi connectivity index (χ1n) is 6.44. The third-order valence-electron chi connectivity index (χ3n) is 2.68. The molecule has 2 aromatic rings. The van der Waals surface area contributed by atoms with Crippen LogP contribution in [0.5, 0.6) is 5.75 Å². The van der Waals surface area contributed by atoms with Crippen molar-refractivity contribution >= 4 is 11.7 Å². The van der Waals surface area contributed by atoms with Gasteiger partial charge in [0.25, 0.3) is 0 Å². The number of para-hydroxylation sites is 2. The number of hydrogen-bond acceptors (Lipinski definition) is 2. The van der Waals surface area contributed by atoms with Crippen molar-refractivity contribution in [2.45, 2.75) is 0 Å². The Labute approximate surface area is 124 Å². The SMILES string of the molecule is O=C(NCCOc1ccccc1F)Nc1c(F)cccc1F. The summed E-state index contributed by atoms with van der Waals surface area (Å²) in [5, 5.41) is 4.40. The number of rotatable bonds is 5. The minimum atomic E-state index is -0.877. The van der Waals surface area contributed by atoms with Gasteiger partial charge in [0.05, 0.1) is 6.54 Å². The summed E-state index contributed by atoms with van der Waals surface area (Å²) in [4.78, 5) is 11.5. The first-order chi connectivity index (χ1) is 10.6. The highest BCUT2D eigenvalue weighted by Gasteiger charge is 2.11. The Balaban J connectivity index is 1.78. The molecule has 116 valence electrons. The molecule has 2 N–H and O–H groups in total. The van der Waals surface area contributed by atoms with Gasteiger partial charge in [0.2, 0.25) is 0 Å². The summed E-state index contributed by atoms with van der Waals surface area (Å²) < 4.78 is 45.0. The second-order valence-corrected chi connectivity index (χ2v) is 4.26. The average Bonchev–Trinajstić information content (AvgIpc) is 2.49. The Hall–Kier alpha value is -2.70. The van der Waals surface area contributed by atoms with E-state index < -0.39 is 29.2 Å². The molecule has 2 rings (SSSR count). The fourth-order valence-electron chi connectivity index (χ4n) is 1.66. The normalized spacial score (nSPS) is 10.1. The minimum absolute atomic E-state index is 0.00804. The van der Waals surface area contributed by atoms with Gasteiger partial charge < -0.3 is 15.4 Å². The van der Waals surface area contributed by atoms with Gasteiger partial charge in [-0.05, 0) is 24.3 Å². The molecule has 0 aliphatic carbocycles. The van der Waals surface area contributed by atoms with Crippen molar-refractivity contribution in [3.63, 3.8) is 0 Å². The summed E-state index contributed by atoms with van der Waals surface area (Å²) in [7, 11) is 0. The van der Waals surface area contributed by atoms with Gasteiger partial charge in [-0.25, -0.2) is 18.0 Å². The molecule has 0 aromatic heterocycles. The molecule has 0 radical (unpaired) electrons. The summed E-state index contributed by atoms with van der Waals surface area (Å²) in [6, 6.07) is 8.29. The van der Waals surface area contributed by atoms with Crippen LogP contribution < -0.4 is 15.4 Å². The molecular formula is C15H13F3N2O2. The van der Waals surface area contributed by atoms with Crippen LogP contribution in [-0.4, -0.2) is 19.2 Å². The van der Waals surface area contributed by atoms with Gasteiger partial charge in [-0.3, -0.25) is 0 Å². The molecule has 4 nitrogen and oxygen atoms in total. The van der Waals surface area contributed by atoms with Gasteiger partial charge in [-0.15, -0.1) is 0 Å². The van der Waals surface area contributed by atoms with E-state index in [1.165, 1.54) is 24.3 Å². The van der Waals surface area contributed by atoms with Crippen molar-refractivity contribution in [3.05, 3.63) is 59.9 Å². The lowest BCUT2D eigenvalue weighted by Gasteiger charge is -2.10. The maximum absolute atomic E-state index is 13.3. The standard InChI is InChI=1S/C15H13F3N2O2/c16-10-4-1-2-7-13(10)22-9-8-19-15(21)20-14-11(17)5-3-6-12(14)18/h1-7H,8-9H2,(H2,19,20,21). The molecule has 0 aliphatic heterocycles. The fraction of sp³-hybridized carbons (Fsp3) is 0.133. The Morgan fingerprint density at radius 1 is 0.955 bits per heavy atom. The van der Waals surface area contributed by atoms with Gasteiger partial charge >= 0.3 is 6.03 Å². The third-order valence-corrected chi connectivity index (χ3v) is 2.68. The van der Waals surface area contributed by atoms with Crippen LogP contribution in [0.1, 0.15) is 0 Å². The summed E-state index contributed by atoms with van der Waals surface area (Å²) in [6.07, 6.45) is 0. The molecular weight excluding hydrogens is 297 g/mol. The topological polar surface area (TPSA) is 50.4 Å². The van der Waals surface area contributed by atoms with E-state index in [0.29, 0.717) is 0 Å². The smallest absolute Gasteiger partial charge is 0.319 e. The molecule has 0 atom stereocenters. The van der Waals surface area contributed by atoms with Crippen LogP contribution in [0.15, 0.2) is 42.5 Å². The van der Waals surface area contributed by atoms with Crippen LogP contribution in [0.4, 0.5) is 23.7 Å². The number of ether oxygens (including phenoxy) is 1. The van der Waals surface area contributed by atoms with Crippen LogP contribution in [0.2, 0.25) is 0 Å². The molecule has 0 bridgehead atoms. The highest BCUT2D eigenvalue weighted by Crippen LogP contribution is 2.17. The third kappa shape index (κ3) is 4.15. The summed E-state index contributed by atoms with van der Waals surface area (Å²) in [5.41, 5.74) is -0.532. The zero-order chi connectivity index (χ0) is 15.9. The highest BCUT2D eigenvalue weighted by atomic mass is 19.1. The second kappa shape index (κ2) is 7.35. The van der Waals surface area contributed by atoms with Crippen LogP contribution in [-0.2, 0) is 0 Å². The molecule has 2 aromatic carbocycles. The lowest BCUT2D eigenvalue weighted by Crippen LogP contribution is -2.32. The molecule has 22 heavy (non-hydrogen) atoms. The Bertz CT molecular complexity index is 645. The van der Waals surface area contributed by atoms with E-state index in [0.717, 1.165) is 12.1 Å². The van der Waals surface area contributed by atoms with E-state index in [9.17, 15) is 18.0 Å². The number of anilines is 1. The number of benzene rings is 2. The Morgan fingerprint density at radius 2 is 1.59 bits per heavy atom. The summed E-state index contributed by atoms with van der Waals surface area (Å²) in [6.45, 7) is 0.0460. The van der Waals surface area contributed by atoms with Crippen LogP contribution in [0.25, 0.3) is 0 Å². The van der Waals surface area contributed by atoms with Gasteiger partial charge in [-0.2, -0.15) is 0 Å². The molecule has 0 heterocycles. The molecule has 7 heteroatoms. The van der Waals surface area contributed by atoms with Crippen molar-refractivity contribution in [2.75, 3.05) is 18.5 Å². The Kier molecular flexibility index (Phi) is 5.24. The maximum atomic E-state index is 13.3. The molecule has 0 unspecified atom stereocenters. The lowest BCUT2D eigenvalue weighted by atomic mass is 10.3. The first-order valence-corrected chi connectivity index (χ1v) is 6.44. The summed E-state index contributed by atoms with van der Waals surface area (Å²) >= 11 is 0. The van der Waals surface area contributed by atoms with Crippen molar-refractivity contribution in [2.24, 2.45) is 0 Å². The van der Waals surface area contributed by atoms with E-state index >= 15 is 0 Å². The van der Waals surface area contributed by atoms with E-state index in [1.807, 2.05) is 0 Å². The van der Waals surface area contributed by atoms with Crippen molar-refractivity contribution in [3.8, 4) is 5.75 Å². The van der Waals surface area contributed by atoms with Crippen molar-refractivity contribution in [1.82, 2.24) is 5.32 Å². The van der Waals surface area contributed by atoms with Crippen LogP contribution in [0.3, 0.4) is 0 Å². The summed E-state index contributed by atoms with van der Waals surface area (Å²) in [5.74, 6) is -2.21. The quantitative estimate of drug-likeness (QED) is 0.833. The van der Waals surface area contributed by atoms with Crippen molar-refractivity contribution < 1.29 is 22.7 Å². The predicted molar refractivity (Wildman–Crippen MR) is 75.3 cm³/mol. The molecule has 2 amide bonds. The first kappa shape index (κ1) is 15.7. The number of amides is 2. The number of halogens is 3. The molecule has 0 aliphatic rings. The van der Waals surface area contributed by atoms with Crippen LogP contribution >= 0.6 is 0 Å². The minimum Gasteiger partial charge on any atom is -0.489 e. The zero-order valence-electron chi connectivity index (χ0n) is 11.4. The van der Waals surface area contributed by atoms with E-state index in [2.05, 4.69) is 10.6 Å². The second-order valence-electron chi connectivity index (χ2n) is 4.26. The number of carbonyl (C=O) groups excluding carboxylic acids is 1. The number of carbonyl (C=O) groups is 1. The maximum Gasteiger partial charge on any atom is 0.319 e. The predicted octanol–water partition coefficient (Wildman–Crippen LogP) is 3.30. The lowest BCUT2D eigenvalue weighted by molar-refractivity contribution is 0.246. The number of hydrogen-bond donors (Lipinski definition) is 2. The highest BCUT2D eigenvalue weighted by molar-refractivity contribution is 5.89. The Morgan fingerprint density at radius 3 is 2.27 bits per heavy atom. The molecule has 0 fully saturated rings. The van der Waals surface area contributed by atoms with Gasteiger partial charge in [0.15, 0.2) is 11.6 Å². The van der Waals surface area contributed by atoms with Crippen LogP contribution in [0, 0.1) is 17.5 Å². The van der Waals surface area contributed by atoms with Crippen molar-refractivity contribution in [1.29, 1.82) is 0 Å². The van der Waals surface area contributed by atoms with E-state index in [-0.39, 0.29) is 18.9 Å². The van der Waals surface area contributed by atoms with E-state index in [4.69, 9.17) is 4.74 Å². The van der Waals surface area contributed by atoms with Gasteiger partial charge in [0.1, 0.15) is 23.9 Å². The average molecular weight is 310 g/mol. The number of nitrogens with one attached hydrogen (secondary N) is 2. The molecule has 0 saturated carbocycles. The number of urea groups is 1. The largest absolute Gasteiger partial charge is 0.489 e. The fourth-order valence-corrected chi connectivity index (χ4v) is 1.66. The monoisotopic (exact) mass is 310 g/mol. The molecule has 0 spiro atoms.